The van der Waals surface area contributed by atoms with Crippen LogP contribution in [-0.2, 0) is 13.5 Å². The molecule has 0 aliphatic rings. The third kappa shape index (κ3) is 13.5. The molecule has 0 radical (unpaired) electrons. The molecule has 136 valence electrons. The second-order valence-electron chi connectivity index (χ2n) is 4.77. The summed E-state index contributed by atoms with van der Waals surface area (Å²) in [6.45, 7) is 4.09. The van der Waals surface area contributed by atoms with Gasteiger partial charge in [0, 0.05) is 24.8 Å². The molecule has 0 aliphatic heterocycles. The van der Waals surface area contributed by atoms with Gasteiger partial charge in [-0.3, -0.25) is 9.97 Å². The molecule has 0 aliphatic carbocycles. The van der Waals surface area contributed by atoms with Gasteiger partial charge in [0.25, 0.3) is 0 Å². The van der Waals surface area contributed by atoms with E-state index in [9.17, 15) is 0 Å². The molecule has 2 aromatic heterocycles. The van der Waals surface area contributed by atoms with Crippen molar-refractivity contribution in [2.45, 2.75) is 13.8 Å². The van der Waals surface area contributed by atoms with E-state index in [2.05, 4.69) is 9.97 Å². The van der Waals surface area contributed by atoms with Crippen LogP contribution in [-0.4, -0.2) is 14.6 Å². The summed E-state index contributed by atoms with van der Waals surface area (Å²) in [6.07, 6.45) is 7.15. The molecular formula is C20H23Cl2N2Ru-. The van der Waals surface area contributed by atoms with Crippen molar-refractivity contribution in [1.29, 1.82) is 0 Å². The zero-order chi connectivity index (χ0) is 17.6. The molecule has 0 atom stereocenters. The van der Waals surface area contributed by atoms with E-state index in [0.29, 0.717) is 0 Å². The summed E-state index contributed by atoms with van der Waals surface area (Å²) in [4.78, 5) is 7.69. The van der Waals surface area contributed by atoms with E-state index in [4.69, 9.17) is 19.4 Å². The first-order valence-corrected chi connectivity index (χ1v) is 12.7. The average Bonchev–Trinajstić information content (AvgIpc) is 2.58. The fraction of sp³-hybridized carbons (Fsp3) is 0.100. The van der Waals surface area contributed by atoms with Crippen LogP contribution in [0.4, 0.5) is 0 Å². The predicted molar refractivity (Wildman–Crippen MR) is 108 cm³/mol. The van der Waals surface area contributed by atoms with Crippen molar-refractivity contribution in [3.05, 3.63) is 104 Å². The first-order chi connectivity index (χ1) is 11.6. The molecule has 0 spiro atoms. The minimum absolute atomic E-state index is 0. The van der Waals surface area contributed by atoms with E-state index >= 15 is 0 Å². The average molecular weight is 463 g/mol. The van der Waals surface area contributed by atoms with Crippen LogP contribution in [0.2, 0.25) is 0 Å². The van der Waals surface area contributed by atoms with E-state index in [1.165, 1.54) is 11.1 Å². The van der Waals surface area contributed by atoms with Gasteiger partial charge in [0.05, 0.1) is 0 Å². The topological polar surface area (TPSA) is 25.8 Å². The molecule has 5 heteroatoms. The van der Waals surface area contributed by atoms with E-state index in [0.717, 1.165) is 5.56 Å². The summed E-state index contributed by atoms with van der Waals surface area (Å²) < 4.78 is 1.92. The van der Waals surface area contributed by atoms with Crippen LogP contribution >= 0.6 is 19.4 Å². The molecule has 0 unspecified atom stereocenters. The third-order valence-corrected chi connectivity index (χ3v) is 4.56. The van der Waals surface area contributed by atoms with Crippen molar-refractivity contribution in [3.8, 4) is 0 Å². The van der Waals surface area contributed by atoms with Crippen LogP contribution in [0.1, 0.15) is 16.7 Å². The van der Waals surface area contributed by atoms with Gasteiger partial charge in [-0.15, -0.1) is 0 Å². The van der Waals surface area contributed by atoms with Crippen LogP contribution in [0.3, 0.4) is 0 Å². The normalized spacial score (nSPS) is 9.20. The van der Waals surface area contributed by atoms with Crippen molar-refractivity contribution in [2.75, 3.05) is 0 Å². The van der Waals surface area contributed by atoms with Gasteiger partial charge >= 0.3 is 73.4 Å². The van der Waals surface area contributed by atoms with Gasteiger partial charge in [0.1, 0.15) is 0 Å². The van der Waals surface area contributed by atoms with Crippen molar-refractivity contribution in [1.82, 2.24) is 9.97 Å². The number of nitrogens with zero attached hydrogens (tertiary/aromatic N) is 2. The first kappa shape index (κ1) is 23.6. The summed E-state index contributed by atoms with van der Waals surface area (Å²) in [5, 5.41) is 0. The molecule has 0 saturated heterocycles. The van der Waals surface area contributed by atoms with Crippen LogP contribution in [0.15, 0.2) is 79.4 Å². The number of benzene rings is 1. The molecule has 1 aromatic carbocycles. The molecule has 25 heavy (non-hydrogen) atoms. The molecule has 2 heterocycles. The van der Waals surface area contributed by atoms with Crippen molar-refractivity contribution < 1.29 is 13.5 Å². The molecule has 0 amide bonds. The summed E-state index contributed by atoms with van der Waals surface area (Å²) in [5.74, 6) is 0. The van der Waals surface area contributed by atoms with Crippen molar-refractivity contribution >= 4 is 24.0 Å². The zero-order valence-corrected chi connectivity index (χ0v) is 17.8. The van der Waals surface area contributed by atoms with Gasteiger partial charge in [0.2, 0.25) is 0 Å². The molecule has 0 N–H and O–H groups in total. The molecule has 2 nitrogen and oxygen atoms in total. The Morgan fingerprint density at radius 3 is 1.40 bits per heavy atom. The fourth-order valence-corrected chi connectivity index (χ4v) is 3.29. The number of aryl methyl sites for hydroxylation is 2. The van der Waals surface area contributed by atoms with Crippen molar-refractivity contribution in [3.63, 3.8) is 0 Å². The maximum absolute atomic E-state index is 5.67. The van der Waals surface area contributed by atoms with Crippen molar-refractivity contribution in [2.24, 2.45) is 0 Å². The number of pyridine rings is 2. The quantitative estimate of drug-likeness (QED) is 0.327. The Balaban J connectivity index is 0.000000347. The Labute approximate surface area is 164 Å². The van der Waals surface area contributed by atoms with Gasteiger partial charge in [-0.05, 0) is 49.2 Å². The molecule has 0 saturated carbocycles. The zero-order valence-electron chi connectivity index (χ0n) is 14.6. The predicted octanol–water partition coefficient (Wildman–Crippen LogP) is 5.99. The maximum atomic E-state index is 5.67. The van der Waals surface area contributed by atoms with E-state index < -0.39 is 13.5 Å². The van der Waals surface area contributed by atoms with Gasteiger partial charge in [-0.2, -0.15) is 0 Å². The van der Waals surface area contributed by atoms with E-state index in [1.54, 1.807) is 24.8 Å². The van der Waals surface area contributed by atoms with Crippen LogP contribution in [0, 0.1) is 21.3 Å². The van der Waals surface area contributed by atoms with Gasteiger partial charge in [0.15, 0.2) is 0 Å². The van der Waals surface area contributed by atoms with E-state index in [1.807, 2.05) is 73.1 Å². The monoisotopic (exact) mass is 463 g/mol. The van der Waals surface area contributed by atoms with E-state index in [-0.39, 0.29) is 7.43 Å². The Bertz CT molecular complexity index is 664. The Hall–Kier alpha value is -1.41. The van der Waals surface area contributed by atoms with Gasteiger partial charge in [-0.1, -0.05) is 0 Å². The molecule has 3 aromatic rings. The molecule has 0 bridgehead atoms. The summed E-state index contributed by atoms with van der Waals surface area (Å²) in [6, 6.07) is 17.8. The Morgan fingerprint density at radius 1 is 0.720 bits per heavy atom. The number of hydrogen-bond donors (Lipinski definition) is 0. The first-order valence-electron chi connectivity index (χ1n) is 7.19. The number of aromatic nitrogens is 2. The second-order valence-corrected chi connectivity index (χ2v) is 10.5. The second kappa shape index (κ2) is 14.9. The molecule has 0 fully saturated rings. The molecule has 3 rings (SSSR count). The Morgan fingerprint density at radius 2 is 1.12 bits per heavy atom. The van der Waals surface area contributed by atoms with Gasteiger partial charge < -0.3 is 7.43 Å². The third-order valence-electron chi connectivity index (χ3n) is 2.69. The summed E-state index contributed by atoms with van der Waals surface area (Å²) in [5.41, 5.74) is 3.64. The van der Waals surface area contributed by atoms with Crippen LogP contribution < -0.4 is 0 Å². The number of hydrogen-bond acceptors (Lipinski definition) is 2. The SMILES string of the molecule is Cc1ccncc1.Cc1ccncc1.[CH3-].[Cl][Ru]([Cl])=[CH]c1ccccc1. The van der Waals surface area contributed by atoms with Crippen LogP contribution in [0.25, 0.3) is 0 Å². The molecular weight excluding hydrogens is 440 g/mol. The van der Waals surface area contributed by atoms with Gasteiger partial charge in [-0.25, -0.2) is 0 Å². The Kier molecular flexibility index (Phi) is 14.1. The summed E-state index contributed by atoms with van der Waals surface area (Å²) in [7, 11) is 11.3. The minimum atomic E-state index is -1.61. The number of halogens is 2. The van der Waals surface area contributed by atoms with Crippen LogP contribution in [0.5, 0.6) is 0 Å². The standard InChI is InChI=1S/C7H6.2C6H7N.CH3.2ClH.Ru/c1-7-5-3-2-4-6-7;2*1-6-2-4-7-5-3-6;;;;/h1-6H;2*2-5H,1H3;1H3;2*1H;/q;;;-1;;;+2/p-2. The fourth-order valence-electron chi connectivity index (χ4n) is 1.46. The summed E-state index contributed by atoms with van der Waals surface area (Å²) >= 11 is -1.61. The number of rotatable bonds is 1.